The fraction of sp³-hybridized carbons (Fsp3) is 0.194. The van der Waals surface area contributed by atoms with Crippen LogP contribution in [0.2, 0.25) is 0 Å². The lowest BCUT2D eigenvalue weighted by atomic mass is 10.0. The van der Waals surface area contributed by atoms with Crippen molar-refractivity contribution in [2.45, 2.75) is 38.6 Å². The van der Waals surface area contributed by atoms with Gasteiger partial charge in [0.05, 0.1) is 13.1 Å². The Labute approximate surface area is 203 Å². The maximum atomic E-state index is 12.9. The summed E-state index contributed by atoms with van der Waals surface area (Å²) in [5.41, 5.74) is 1.29. The van der Waals surface area contributed by atoms with Crippen LogP contribution < -0.4 is 15.9 Å². The monoisotopic (exact) mass is 465 g/mol. The summed E-state index contributed by atoms with van der Waals surface area (Å²) in [6.07, 6.45) is 2.89. The third-order valence-corrected chi connectivity index (χ3v) is 9.92. The molecule has 0 aromatic heterocycles. The number of carbonyl (C=O) groups excluding carboxylic acids is 1. The molecule has 3 heteroatoms. The fourth-order valence-corrected chi connectivity index (χ4v) is 8.26. The third kappa shape index (κ3) is 5.82. The lowest BCUT2D eigenvalue weighted by Gasteiger charge is -2.28. The van der Waals surface area contributed by atoms with Gasteiger partial charge in [-0.2, -0.15) is 0 Å². The number of benzene rings is 4. The first-order chi connectivity index (χ1) is 16.7. The largest absolute Gasteiger partial charge is 0.300 e. The predicted octanol–water partition coefficient (Wildman–Crippen LogP) is 6.53. The van der Waals surface area contributed by atoms with Gasteiger partial charge in [-0.1, -0.05) is 121 Å². The number of aryl methyl sites for hydroxylation is 1. The minimum Gasteiger partial charge on any atom is -0.300 e. The van der Waals surface area contributed by atoms with Crippen molar-refractivity contribution >= 4 is 28.8 Å². The summed E-state index contributed by atoms with van der Waals surface area (Å²) in [7, 11) is -2.27. The van der Waals surface area contributed by atoms with E-state index in [-0.39, 0.29) is 6.04 Å². The minimum atomic E-state index is -2.27. The van der Waals surface area contributed by atoms with Gasteiger partial charge in [-0.05, 0) is 25.3 Å². The highest BCUT2D eigenvalue weighted by Gasteiger charge is 2.28. The van der Waals surface area contributed by atoms with E-state index >= 15 is 0 Å². The minimum absolute atomic E-state index is 0.0711. The molecule has 2 nitrogen and oxygen atoms in total. The Hall–Kier alpha value is -3.22. The lowest BCUT2D eigenvalue weighted by molar-refractivity contribution is -0.119. The summed E-state index contributed by atoms with van der Waals surface area (Å²) in [4.78, 5) is 12.9. The second-order valence-corrected chi connectivity index (χ2v) is 11.7. The molecule has 0 aliphatic rings. The van der Waals surface area contributed by atoms with Crippen LogP contribution in [0.1, 0.15) is 31.7 Å². The summed E-state index contributed by atoms with van der Waals surface area (Å²) < 4.78 is 5.52. The quantitative estimate of drug-likeness (QED) is 0.245. The highest BCUT2D eigenvalue weighted by atomic mass is 31.2. The summed E-state index contributed by atoms with van der Waals surface area (Å²) in [6.45, 7) is 2.10. The van der Waals surface area contributed by atoms with E-state index in [2.05, 4.69) is 104 Å². The van der Waals surface area contributed by atoms with Crippen molar-refractivity contribution in [3.8, 4) is 0 Å². The second kappa shape index (κ2) is 11.8. The van der Waals surface area contributed by atoms with Gasteiger partial charge in [0.1, 0.15) is 5.78 Å². The van der Waals surface area contributed by atoms with Gasteiger partial charge in [0.2, 0.25) is 0 Å². The average molecular weight is 466 g/mol. The summed E-state index contributed by atoms with van der Waals surface area (Å²) in [5, 5.41) is 3.65. The predicted molar refractivity (Wildman–Crippen MR) is 146 cm³/mol. The van der Waals surface area contributed by atoms with Crippen LogP contribution in [0.3, 0.4) is 0 Å². The van der Waals surface area contributed by atoms with Gasteiger partial charge in [0.25, 0.3) is 0 Å². The molecule has 4 aromatic rings. The van der Waals surface area contributed by atoms with Crippen LogP contribution in [0.4, 0.5) is 0 Å². The Bertz CT molecular complexity index is 1120. The second-order valence-electron chi connectivity index (χ2n) is 8.69. The number of nitrogens with zero attached hydrogens (tertiary/aromatic N) is 1. The van der Waals surface area contributed by atoms with E-state index < -0.39 is 7.05 Å². The van der Waals surface area contributed by atoms with Crippen molar-refractivity contribution in [1.82, 2.24) is 0 Å². The van der Waals surface area contributed by atoms with E-state index in [1.807, 2.05) is 24.3 Å². The number of rotatable bonds is 10. The van der Waals surface area contributed by atoms with Crippen LogP contribution in [0.15, 0.2) is 126 Å². The Balaban J connectivity index is 1.65. The SMILES string of the molecule is CC(CC(=O)CCCc1ccccc1)N=P(c1ccccc1)(c1ccccc1)c1ccccc1. The zero-order valence-electron chi connectivity index (χ0n) is 19.8. The molecule has 0 radical (unpaired) electrons. The molecule has 1 atom stereocenters. The highest BCUT2D eigenvalue weighted by Crippen LogP contribution is 2.47. The van der Waals surface area contributed by atoms with Crippen LogP contribution in [0.25, 0.3) is 0 Å². The van der Waals surface area contributed by atoms with Gasteiger partial charge in [0.15, 0.2) is 0 Å². The zero-order chi connectivity index (χ0) is 23.6. The Kier molecular flexibility index (Phi) is 8.28. The first-order valence-electron chi connectivity index (χ1n) is 12.0. The lowest BCUT2D eigenvalue weighted by Crippen LogP contribution is -2.26. The van der Waals surface area contributed by atoms with E-state index in [1.54, 1.807) is 0 Å². The van der Waals surface area contributed by atoms with Crippen LogP contribution in [0, 0.1) is 0 Å². The van der Waals surface area contributed by atoms with E-state index in [0.29, 0.717) is 18.6 Å². The molecular weight excluding hydrogens is 433 g/mol. The number of ketones is 1. The topological polar surface area (TPSA) is 29.4 Å². The van der Waals surface area contributed by atoms with E-state index in [9.17, 15) is 4.79 Å². The van der Waals surface area contributed by atoms with Crippen LogP contribution in [-0.2, 0) is 11.2 Å². The number of carbonyl (C=O) groups is 1. The molecule has 34 heavy (non-hydrogen) atoms. The highest BCUT2D eigenvalue weighted by molar-refractivity contribution is 7.87. The number of Topliss-reactive ketones (excluding diaryl/α,β-unsaturated/α-hetero) is 1. The molecule has 0 saturated heterocycles. The maximum absolute atomic E-state index is 12.9. The molecule has 0 N–H and O–H groups in total. The van der Waals surface area contributed by atoms with E-state index in [4.69, 9.17) is 4.74 Å². The van der Waals surface area contributed by atoms with E-state index in [1.165, 1.54) is 21.5 Å². The summed E-state index contributed by atoms with van der Waals surface area (Å²) in [5.74, 6) is 0.291. The third-order valence-electron chi connectivity index (χ3n) is 6.05. The Morgan fingerprint density at radius 2 is 1.09 bits per heavy atom. The van der Waals surface area contributed by atoms with Crippen molar-refractivity contribution in [1.29, 1.82) is 0 Å². The first kappa shape index (κ1) is 23.9. The number of hydrogen-bond acceptors (Lipinski definition) is 2. The van der Waals surface area contributed by atoms with Crippen molar-refractivity contribution in [2.24, 2.45) is 4.74 Å². The van der Waals surface area contributed by atoms with E-state index in [0.717, 1.165) is 12.8 Å². The van der Waals surface area contributed by atoms with Crippen LogP contribution in [-0.4, -0.2) is 11.8 Å². The average Bonchev–Trinajstić information content (AvgIpc) is 2.89. The van der Waals surface area contributed by atoms with Crippen molar-refractivity contribution < 1.29 is 4.79 Å². The van der Waals surface area contributed by atoms with Gasteiger partial charge in [-0.3, -0.25) is 9.54 Å². The Morgan fingerprint density at radius 3 is 1.53 bits per heavy atom. The maximum Gasteiger partial charge on any atom is 0.135 e. The molecule has 0 heterocycles. The fourth-order valence-electron chi connectivity index (χ4n) is 4.48. The van der Waals surface area contributed by atoms with Crippen LogP contribution >= 0.6 is 7.05 Å². The molecule has 0 aliphatic heterocycles. The molecule has 4 aromatic carbocycles. The van der Waals surface area contributed by atoms with Gasteiger partial charge in [-0.15, -0.1) is 0 Å². The van der Waals surface area contributed by atoms with Crippen molar-refractivity contribution in [3.05, 3.63) is 127 Å². The molecule has 0 amide bonds. The van der Waals surface area contributed by atoms with Crippen molar-refractivity contribution in [3.63, 3.8) is 0 Å². The van der Waals surface area contributed by atoms with Gasteiger partial charge in [0, 0.05) is 28.8 Å². The zero-order valence-corrected chi connectivity index (χ0v) is 20.6. The molecule has 0 spiro atoms. The number of hydrogen-bond donors (Lipinski definition) is 0. The molecule has 172 valence electrons. The standard InChI is InChI=1S/C31H32NOP/c1-26(25-28(33)18-14-17-27-15-6-2-7-16-27)32-34(29-19-8-3-9-20-29,30-21-10-4-11-22-30)31-23-12-5-13-24-31/h2-13,15-16,19-24,26H,14,17-18,25H2,1H3. The molecule has 4 rings (SSSR count). The smallest absolute Gasteiger partial charge is 0.135 e. The normalized spacial score (nSPS) is 12.1. The van der Waals surface area contributed by atoms with Gasteiger partial charge in [-0.25, -0.2) is 0 Å². The molecule has 0 bridgehead atoms. The molecular formula is C31H32NOP. The van der Waals surface area contributed by atoms with Gasteiger partial charge >= 0.3 is 0 Å². The van der Waals surface area contributed by atoms with Crippen LogP contribution in [0.5, 0.6) is 0 Å². The Morgan fingerprint density at radius 1 is 0.676 bits per heavy atom. The first-order valence-corrected chi connectivity index (χ1v) is 13.8. The van der Waals surface area contributed by atoms with Crippen molar-refractivity contribution in [2.75, 3.05) is 0 Å². The molecule has 1 unspecified atom stereocenters. The molecule has 0 aliphatic carbocycles. The summed E-state index contributed by atoms with van der Waals surface area (Å²) in [6, 6.07) is 42.1. The molecule has 0 fully saturated rings. The van der Waals surface area contributed by atoms with Gasteiger partial charge < -0.3 is 0 Å². The summed E-state index contributed by atoms with van der Waals surface area (Å²) >= 11 is 0. The molecule has 0 saturated carbocycles.